The maximum atomic E-state index is 11.6. The quantitative estimate of drug-likeness (QED) is 0.608. The Morgan fingerprint density at radius 2 is 2.00 bits per heavy atom. The summed E-state index contributed by atoms with van der Waals surface area (Å²) in [7, 11) is 0. The first-order valence-corrected chi connectivity index (χ1v) is 4.69. The predicted molar refractivity (Wildman–Crippen MR) is 47.3 cm³/mol. The van der Waals surface area contributed by atoms with E-state index in [4.69, 9.17) is 4.74 Å². The van der Waals surface area contributed by atoms with Crippen LogP contribution in [0, 0.1) is 5.41 Å². The smallest absolute Gasteiger partial charge is 0.168 e. The summed E-state index contributed by atoms with van der Waals surface area (Å²) in [5, 5.41) is 10.3. The number of carbonyl (C=O) groups is 1. The van der Waals surface area contributed by atoms with Crippen molar-refractivity contribution in [2.24, 2.45) is 5.41 Å². The van der Waals surface area contributed by atoms with Gasteiger partial charge in [0.2, 0.25) is 0 Å². The lowest BCUT2D eigenvalue weighted by Crippen LogP contribution is -2.50. The van der Waals surface area contributed by atoms with Gasteiger partial charge < -0.3 is 9.84 Å². The SMILES string of the molecule is C[C@@H]1O[C@@]2(C)C(=O)C[C@]1(C)[C@]2(C)O. The van der Waals surface area contributed by atoms with Gasteiger partial charge in [-0.2, -0.15) is 0 Å². The Labute approximate surface area is 78.1 Å². The second-order valence-corrected chi connectivity index (χ2v) is 4.88. The van der Waals surface area contributed by atoms with E-state index in [-0.39, 0.29) is 11.9 Å². The molecule has 1 saturated carbocycles. The lowest BCUT2D eigenvalue weighted by atomic mass is 9.73. The minimum absolute atomic E-state index is 0.0260. The minimum atomic E-state index is -1.03. The van der Waals surface area contributed by atoms with Gasteiger partial charge in [-0.3, -0.25) is 4.79 Å². The Bertz CT molecular complexity index is 281. The number of aliphatic hydroxyl groups is 1. The molecular weight excluding hydrogens is 168 g/mol. The van der Waals surface area contributed by atoms with Crippen molar-refractivity contribution in [1.82, 2.24) is 0 Å². The van der Waals surface area contributed by atoms with Crippen molar-refractivity contribution in [2.45, 2.75) is 51.4 Å². The van der Waals surface area contributed by atoms with Crippen LogP contribution in [0.15, 0.2) is 0 Å². The monoisotopic (exact) mass is 184 g/mol. The van der Waals surface area contributed by atoms with Gasteiger partial charge in [0.25, 0.3) is 0 Å². The number of carbonyl (C=O) groups excluding carboxylic acids is 1. The molecule has 0 amide bonds. The van der Waals surface area contributed by atoms with Crippen LogP contribution >= 0.6 is 0 Å². The molecule has 0 spiro atoms. The normalized spacial score (nSPS) is 60.4. The van der Waals surface area contributed by atoms with Crippen LogP contribution in [0.25, 0.3) is 0 Å². The fourth-order valence-electron chi connectivity index (χ4n) is 2.69. The number of hydrogen-bond donors (Lipinski definition) is 1. The van der Waals surface area contributed by atoms with Crippen LogP contribution in [0.3, 0.4) is 0 Å². The molecule has 1 aliphatic heterocycles. The van der Waals surface area contributed by atoms with Crippen molar-refractivity contribution >= 4 is 5.78 Å². The van der Waals surface area contributed by atoms with Gasteiger partial charge in [-0.05, 0) is 20.8 Å². The van der Waals surface area contributed by atoms with Gasteiger partial charge in [-0.25, -0.2) is 0 Å². The largest absolute Gasteiger partial charge is 0.386 e. The summed E-state index contributed by atoms with van der Waals surface area (Å²) in [6.07, 6.45) is 0.377. The van der Waals surface area contributed by atoms with Crippen LogP contribution in [-0.4, -0.2) is 28.2 Å². The zero-order chi connectivity index (χ0) is 10.1. The molecule has 0 aromatic rings. The molecule has 74 valence electrons. The summed E-state index contributed by atoms with van der Waals surface area (Å²) in [5.41, 5.74) is -2.43. The summed E-state index contributed by atoms with van der Waals surface area (Å²) in [5.74, 6) is 0.0260. The molecule has 2 bridgehead atoms. The maximum absolute atomic E-state index is 11.6. The molecule has 4 atom stereocenters. The number of hydrogen-bond acceptors (Lipinski definition) is 3. The Hall–Kier alpha value is -0.410. The minimum Gasteiger partial charge on any atom is -0.386 e. The molecule has 1 saturated heterocycles. The fourth-order valence-corrected chi connectivity index (χ4v) is 2.69. The lowest BCUT2D eigenvalue weighted by molar-refractivity contribution is -0.154. The lowest BCUT2D eigenvalue weighted by Gasteiger charge is -2.33. The highest BCUT2D eigenvalue weighted by Crippen LogP contribution is 2.60. The summed E-state index contributed by atoms with van der Waals surface area (Å²) >= 11 is 0. The van der Waals surface area contributed by atoms with Crippen LogP contribution < -0.4 is 0 Å². The Balaban J connectivity index is 2.58. The van der Waals surface area contributed by atoms with Crippen LogP contribution in [0.2, 0.25) is 0 Å². The second-order valence-electron chi connectivity index (χ2n) is 4.88. The Morgan fingerprint density at radius 3 is 2.23 bits per heavy atom. The van der Waals surface area contributed by atoms with Crippen LogP contribution in [0.1, 0.15) is 34.1 Å². The third kappa shape index (κ3) is 0.680. The van der Waals surface area contributed by atoms with Gasteiger partial charge in [0, 0.05) is 11.8 Å². The van der Waals surface area contributed by atoms with Gasteiger partial charge in [0.1, 0.15) is 5.60 Å². The predicted octanol–water partition coefficient (Wildman–Crippen LogP) is 0.894. The molecule has 13 heavy (non-hydrogen) atoms. The summed E-state index contributed by atoms with van der Waals surface area (Å²) in [6.45, 7) is 7.26. The zero-order valence-corrected chi connectivity index (χ0v) is 8.55. The molecule has 3 nitrogen and oxygen atoms in total. The van der Waals surface area contributed by atoms with Crippen LogP contribution in [0.4, 0.5) is 0 Å². The third-order valence-electron chi connectivity index (χ3n) is 4.41. The van der Waals surface area contributed by atoms with E-state index in [9.17, 15) is 9.90 Å². The Kier molecular flexibility index (Phi) is 1.40. The van der Waals surface area contributed by atoms with Gasteiger partial charge in [0.05, 0.1) is 6.10 Å². The van der Waals surface area contributed by atoms with E-state index < -0.39 is 16.6 Å². The zero-order valence-electron chi connectivity index (χ0n) is 8.55. The van der Waals surface area contributed by atoms with E-state index >= 15 is 0 Å². The molecule has 3 heteroatoms. The van der Waals surface area contributed by atoms with E-state index in [1.165, 1.54) is 0 Å². The molecule has 0 aromatic heterocycles. The Morgan fingerprint density at radius 1 is 1.46 bits per heavy atom. The van der Waals surface area contributed by atoms with Gasteiger partial charge in [-0.15, -0.1) is 0 Å². The topological polar surface area (TPSA) is 46.5 Å². The first kappa shape index (κ1) is 9.16. The molecule has 0 aromatic carbocycles. The molecule has 0 radical (unpaired) electrons. The van der Waals surface area contributed by atoms with Crippen molar-refractivity contribution in [3.8, 4) is 0 Å². The number of Topliss-reactive ketones (excluding diaryl/α,β-unsaturated/α-hetero) is 1. The van der Waals surface area contributed by atoms with Crippen molar-refractivity contribution in [3.63, 3.8) is 0 Å². The number of ketones is 1. The molecule has 1 aliphatic carbocycles. The van der Waals surface area contributed by atoms with Crippen molar-refractivity contribution in [2.75, 3.05) is 0 Å². The second kappa shape index (κ2) is 1.98. The first-order chi connectivity index (χ1) is 5.76. The van der Waals surface area contributed by atoms with E-state index in [0.29, 0.717) is 6.42 Å². The third-order valence-corrected chi connectivity index (χ3v) is 4.41. The van der Waals surface area contributed by atoms with Crippen LogP contribution in [-0.2, 0) is 9.53 Å². The number of fused-ring (bicyclic) bond motifs is 2. The molecule has 0 unspecified atom stereocenters. The van der Waals surface area contributed by atoms with Gasteiger partial charge in [0.15, 0.2) is 11.4 Å². The highest BCUT2D eigenvalue weighted by atomic mass is 16.5. The standard InChI is InChI=1S/C10H16O3/c1-6-8(2)5-7(11)9(3,13-6)10(8,4)12/h6,12H,5H2,1-4H3/t6-,8-,9-,10-/m0/s1. The van der Waals surface area contributed by atoms with Gasteiger partial charge in [-0.1, -0.05) is 6.92 Å². The molecule has 1 N–H and O–H groups in total. The van der Waals surface area contributed by atoms with E-state index in [1.807, 2.05) is 13.8 Å². The van der Waals surface area contributed by atoms with Gasteiger partial charge >= 0.3 is 0 Å². The highest BCUT2D eigenvalue weighted by molar-refractivity contribution is 5.93. The van der Waals surface area contributed by atoms with Crippen molar-refractivity contribution < 1.29 is 14.6 Å². The summed E-state index contributed by atoms with van der Waals surface area (Å²) in [4.78, 5) is 11.6. The average molecular weight is 184 g/mol. The summed E-state index contributed by atoms with van der Waals surface area (Å²) < 4.78 is 5.58. The average Bonchev–Trinajstić information content (AvgIpc) is 2.18. The molecular formula is C10H16O3. The van der Waals surface area contributed by atoms with E-state index in [0.717, 1.165) is 0 Å². The molecule has 2 rings (SSSR count). The van der Waals surface area contributed by atoms with Crippen molar-refractivity contribution in [3.05, 3.63) is 0 Å². The number of ether oxygens (including phenoxy) is 1. The summed E-state index contributed by atoms with van der Waals surface area (Å²) in [6, 6.07) is 0. The first-order valence-electron chi connectivity index (χ1n) is 4.69. The molecule has 1 heterocycles. The highest BCUT2D eigenvalue weighted by Gasteiger charge is 2.74. The maximum Gasteiger partial charge on any atom is 0.168 e. The molecule has 2 aliphatic rings. The van der Waals surface area contributed by atoms with E-state index in [1.54, 1.807) is 13.8 Å². The number of rotatable bonds is 0. The van der Waals surface area contributed by atoms with E-state index in [2.05, 4.69) is 0 Å². The fraction of sp³-hybridized carbons (Fsp3) is 0.900. The van der Waals surface area contributed by atoms with Crippen LogP contribution in [0.5, 0.6) is 0 Å². The molecule has 2 fully saturated rings. The van der Waals surface area contributed by atoms with Crippen molar-refractivity contribution in [1.29, 1.82) is 0 Å².